The molecule has 20 heavy (non-hydrogen) atoms. The average Bonchev–Trinajstić information content (AvgIpc) is 2.78. The second kappa shape index (κ2) is 5.90. The van der Waals surface area contributed by atoms with Gasteiger partial charge in [-0.3, -0.25) is 14.9 Å². The second-order valence-corrected chi connectivity index (χ2v) is 6.11. The Hall–Kier alpha value is -1.44. The number of halogens is 2. The summed E-state index contributed by atoms with van der Waals surface area (Å²) >= 11 is 10.1. The minimum atomic E-state index is -0.593. The van der Waals surface area contributed by atoms with Gasteiger partial charge in [-0.1, -0.05) is 38.9 Å². The molecule has 1 heterocycles. The van der Waals surface area contributed by atoms with Crippen LogP contribution >= 0.6 is 38.9 Å². The maximum Gasteiger partial charge on any atom is 0.323 e. The van der Waals surface area contributed by atoms with Gasteiger partial charge in [-0.15, -0.1) is 0 Å². The Morgan fingerprint density at radius 2 is 2.15 bits per heavy atom. The lowest BCUT2D eigenvalue weighted by molar-refractivity contribution is -0.385. The summed E-state index contributed by atoms with van der Waals surface area (Å²) in [5.41, 5.74) is -0.253. The van der Waals surface area contributed by atoms with Crippen molar-refractivity contribution in [1.82, 2.24) is 0 Å². The van der Waals surface area contributed by atoms with Gasteiger partial charge in [0.1, 0.15) is 5.75 Å². The van der Waals surface area contributed by atoms with Crippen LogP contribution in [0, 0.1) is 10.1 Å². The van der Waals surface area contributed by atoms with E-state index in [0.717, 1.165) is 15.8 Å². The molecular formula is C12H7BrClNO4S. The van der Waals surface area contributed by atoms with Crippen LogP contribution in [0.3, 0.4) is 0 Å². The van der Waals surface area contributed by atoms with Crippen LogP contribution in [0.4, 0.5) is 5.69 Å². The molecule has 104 valence electrons. The van der Waals surface area contributed by atoms with Crippen molar-refractivity contribution in [3.05, 3.63) is 48.8 Å². The fourth-order valence-electron chi connectivity index (χ4n) is 1.39. The van der Waals surface area contributed by atoms with E-state index in [9.17, 15) is 14.9 Å². The van der Waals surface area contributed by atoms with E-state index in [1.54, 1.807) is 18.2 Å². The average molecular weight is 377 g/mol. The van der Waals surface area contributed by atoms with Crippen LogP contribution in [-0.2, 0) is 0 Å². The molecule has 2 aromatic rings. The lowest BCUT2D eigenvalue weighted by Gasteiger charge is -2.05. The first-order valence-corrected chi connectivity index (χ1v) is 7.29. The maximum absolute atomic E-state index is 11.3. The van der Waals surface area contributed by atoms with Crippen LogP contribution in [0.2, 0.25) is 5.02 Å². The van der Waals surface area contributed by atoms with E-state index in [1.165, 1.54) is 13.0 Å². The van der Waals surface area contributed by atoms with Crippen molar-refractivity contribution in [2.45, 2.75) is 6.92 Å². The summed E-state index contributed by atoms with van der Waals surface area (Å²) in [5.74, 6) is 0.0226. The minimum Gasteiger partial charge on any atom is -0.438 e. The summed E-state index contributed by atoms with van der Waals surface area (Å²) in [6, 6.07) is 6.12. The predicted molar refractivity (Wildman–Crippen MR) is 80.2 cm³/mol. The molecule has 5 nitrogen and oxygen atoms in total. The molecule has 0 aliphatic carbocycles. The summed E-state index contributed by atoms with van der Waals surface area (Å²) in [6.45, 7) is 1.34. The molecule has 0 spiro atoms. The number of hydrogen-bond acceptors (Lipinski definition) is 5. The third-order valence-corrected chi connectivity index (χ3v) is 4.23. The van der Waals surface area contributed by atoms with Crippen molar-refractivity contribution >= 4 is 50.3 Å². The number of nitrogens with zero attached hydrogens (tertiary/aromatic N) is 1. The fourth-order valence-corrected chi connectivity index (χ4v) is 2.77. The van der Waals surface area contributed by atoms with Gasteiger partial charge < -0.3 is 4.74 Å². The van der Waals surface area contributed by atoms with E-state index in [0.29, 0.717) is 5.02 Å². The first-order chi connectivity index (χ1) is 9.38. The predicted octanol–water partition coefficient (Wildman–Crippen LogP) is 5.07. The van der Waals surface area contributed by atoms with E-state index in [4.69, 9.17) is 16.3 Å². The minimum absolute atomic E-state index is 0.0280. The largest absolute Gasteiger partial charge is 0.438 e. The first kappa shape index (κ1) is 15.0. The zero-order valence-electron chi connectivity index (χ0n) is 10.1. The Kier molecular flexibility index (Phi) is 4.42. The van der Waals surface area contributed by atoms with Gasteiger partial charge in [-0.2, -0.15) is 0 Å². The molecular weight excluding hydrogens is 370 g/mol. The smallest absolute Gasteiger partial charge is 0.323 e. The van der Waals surface area contributed by atoms with Crippen LogP contribution in [0.1, 0.15) is 16.6 Å². The maximum atomic E-state index is 11.3. The number of thiophene rings is 1. The van der Waals surface area contributed by atoms with E-state index < -0.39 is 4.92 Å². The number of Topliss-reactive ketones (excluding diaryl/α,β-unsaturated/α-hetero) is 1. The number of ketones is 1. The molecule has 0 aliphatic rings. The van der Waals surface area contributed by atoms with Crippen molar-refractivity contribution in [2.75, 3.05) is 0 Å². The van der Waals surface area contributed by atoms with Gasteiger partial charge in [-0.25, -0.2) is 0 Å². The highest BCUT2D eigenvalue weighted by atomic mass is 79.9. The van der Waals surface area contributed by atoms with Gasteiger partial charge in [0, 0.05) is 10.5 Å². The Bertz CT molecular complexity index is 701. The van der Waals surface area contributed by atoms with Crippen molar-refractivity contribution < 1.29 is 14.5 Å². The van der Waals surface area contributed by atoms with Gasteiger partial charge in [-0.05, 0) is 25.1 Å². The summed E-state index contributed by atoms with van der Waals surface area (Å²) < 4.78 is 6.20. The molecule has 1 aromatic heterocycles. The lowest BCUT2D eigenvalue weighted by atomic mass is 10.3. The third kappa shape index (κ3) is 3.17. The van der Waals surface area contributed by atoms with Gasteiger partial charge in [0.25, 0.3) is 5.06 Å². The monoisotopic (exact) mass is 375 g/mol. The molecule has 1 aromatic carbocycles. The number of nitro groups is 1. The molecule has 0 bridgehead atoms. The number of carbonyl (C=O) groups excluding carboxylic acids is 1. The number of benzene rings is 1. The summed E-state index contributed by atoms with van der Waals surface area (Å²) in [4.78, 5) is 22.0. The molecule has 0 atom stereocenters. The molecule has 2 rings (SSSR count). The first-order valence-electron chi connectivity index (χ1n) is 5.30. The zero-order valence-corrected chi connectivity index (χ0v) is 13.2. The lowest BCUT2D eigenvalue weighted by Crippen LogP contribution is -1.90. The number of carbonyl (C=O) groups is 1. The van der Waals surface area contributed by atoms with Crippen LogP contribution in [0.25, 0.3) is 0 Å². The highest BCUT2D eigenvalue weighted by Crippen LogP contribution is 2.42. The van der Waals surface area contributed by atoms with Crippen LogP contribution in [0.15, 0.2) is 28.7 Å². The SMILES string of the molecule is CC(=O)c1cc([N+](=O)[O-])c(Oc2cc(Br)ccc2Cl)s1. The Morgan fingerprint density at radius 3 is 2.75 bits per heavy atom. The normalized spacial score (nSPS) is 10.3. The number of rotatable bonds is 4. The number of hydrogen-bond donors (Lipinski definition) is 0. The van der Waals surface area contributed by atoms with Crippen LogP contribution < -0.4 is 4.74 Å². The zero-order chi connectivity index (χ0) is 14.9. The third-order valence-electron chi connectivity index (χ3n) is 2.32. The van der Waals surface area contributed by atoms with Crippen molar-refractivity contribution in [3.8, 4) is 10.8 Å². The molecule has 0 saturated heterocycles. The van der Waals surface area contributed by atoms with E-state index >= 15 is 0 Å². The van der Waals surface area contributed by atoms with Gasteiger partial charge in [0.15, 0.2) is 5.78 Å². The van der Waals surface area contributed by atoms with Crippen molar-refractivity contribution in [1.29, 1.82) is 0 Å². The highest BCUT2D eigenvalue weighted by Gasteiger charge is 2.23. The van der Waals surface area contributed by atoms with Gasteiger partial charge in [0.05, 0.1) is 14.8 Å². The summed E-state index contributed by atoms with van der Waals surface area (Å²) in [6.07, 6.45) is 0. The summed E-state index contributed by atoms with van der Waals surface area (Å²) in [7, 11) is 0. The standard InChI is InChI=1S/C12H7BrClNO4S/c1-6(16)11-5-9(15(17)18)12(20-11)19-10-4-7(13)2-3-8(10)14/h2-5H,1H3. The molecule has 0 aliphatic heterocycles. The van der Waals surface area contributed by atoms with E-state index in [1.807, 2.05) is 0 Å². The molecule has 0 amide bonds. The highest BCUT2D eigenvalue weighted by molar-refractivity contribution is 9.10. The molecule has 8 heteroatoms. The van der Waals surface area contributed by atoms with Crippen LogP contribution in [-0.4, -0.2) is 10.7 Å². The molecule has 0 fully saturated rings. The quantitative estimate of drug-likeness (QED) is 0.424. The van der Waals surface area contributed by atoms with E-state index in [2.05, 4.69) is 15.9 Å². The van der Waals surface area contributed by atoms with Crippen LogP contribution in [0.5, 0.6) is 10.8 Å². The Balaban J connectivity index is 2.44. The van der Waals surface area contributed by atoms with Crippen molar-refractivity contribution in [3.63, 3.8) is 0 Å². The molecule has 0 radical (unpaired) electrons. The topological polar surface area (TPSA) is 69.4 Å². The molecule has 0 N–H and O–H groups in total. The Morgan fingerprint density at radius 1 is 1.45 bits per heavy atom. The van der Waals surface area contributed by atoms with Gasteiger partial charge >= 0.3 is 5.69 Å². The Labute approximate surface area is 131 Å². The van der Waals surface area contributed by atoms with E-state index in [-0.39, 0.29) is 27.2 Å². The molecule has 0 saturated carbocycles. The molecule has 0 unspecified atom stereocenters. The van der Waals surface area contributed by atoms with Crippen molar-refractivity contribution in [2.24, 2.45) is 0 Å². The second-order valence-electron chi connectivity index (χ2n) is 3.77. The fraction of sp³-hybridized carbons (Fsp3) is 0.0833. The summed E-state index contributed by atoms with van der Waals surface area (Å²) in [5, 5.41) is 11.3. The number of ether oxygens (including phenoxy) is 1. The van der Waals surface area contributed by atoms with Gasteiger partial charge in [0.2, 0.25) is 0 Å².